The number of hydrogen-bond donors (Lipinski definition) is 0. The standard InChI is InChI=1S/C13H8F3N3/c14-13(15,16)9-5-7-10(8-6-9)19-17-11-3-1-2-4-12(11)18-19/h1-8H. The van der Waals surface area contributed by atoms with Gasteiger partial charge < -0.3 is 0 Å². The normalized spacial score (nSPS) is 11.9. The molecule has 0 atom stereocenters. The molecular weight excluding hydrogens is 255 g/mol. The smallest absolute Gasteiger partial charge is 0.166 e. The predicted octanol–water partition coefficient (Wildman–Crippen LogP) is 3.44. The van der Waals surface area contributed by atoms with E-state index in [1.807, 2.05) is 12.1 Å². The molecule has 0 aliphatic rings. The summed E-state index contributed by atoms with van der Waals surface area (Å²) in [5, 5.41) is 8.40. The third-order valence-electron chi connectivity index (χ3n) is 2.71. The molecular formula is C13H8F3N3. The maximum Gasteiger partial charge on any atom is 0.416 e. The highest BCUT2D eigenvalue weighted by atomic mass is 19.4. The van der Waals surface area contributed by atoms with Gasteiger partial charge in [-0.15, -0.1) is 10.2 Å². The lowest BCUT2D eigenvalue weighted by molar-refractivity contribution is -0.137. The molecule has 1 heterocycles. The van der Waals surface area contributed by atoms with Gasteiger partial charge in [-0.3, -0.25) is 0 Å². The van der Waals surface area contributed by atoms with E-state index in [1.165, 1.54) is 16.9 Å². The van der Waals surface area contributed by atoms with Crippen LogP contribution >= 0.6 is 0 Å². The molecule has 96 valence electrons. The van der Waals surface area contributed by atoms with E-state index < -0.39 is 11.7 Å². The van der Waals surface area contributed by atoms with Gasteiger partial charge in [0.15, 0.2) is 0 Å². The van der Waals surface area contributed by atoms with Gasteiger partial charge in [0.25, 0.3) is 0 Å². The molecule has 0 aliphatic carbocycles. The van der Waals surface area contributed by atoms with E-state index in [0.717, 1.165) is 12.1 Å². The van der Waals surface area contributed by atoms with E-state index in [2.05, 4.69) is 10.2 Å². The molecule has 0 bridgehead atoms. The van der Waals surface area contributed by atoms with Crippen molar-refractivity contribution < 1.29 is 13.2 Å². The van der Waals surface area contributed by atoms with Crippen LogP contribution in [0.2, 0.25) is 0 Å². The first-order valence-corrected chi connectivity index (χ1v) is 5.54. The van der Waals surface area contributed by atoms with Gasteiger partial charge in [-0.1, -0.05) is 12.1 Å². The lowest BCUT2D eigenvalue weighted by Gasteiger charge is -2.06. The minimum absolute atomic E-state index is 0.490. The van der Waals surface area contributed by atoms with Crippen LogP contribution < -0.4 is 0 Å². The third kappa shape index (κ3) is 2.16. The molecule has 0 saturated carbocycles. The first-order chi connectivity index (χ1) is 9.04. The Kier molecular flexibility index (Phi) is 2.51. The summed E-state index contributed by atoms with van der Waals surface area (Å²) in [5.74, 6) is 0. The van der Waals surface area contributed by atoms with Crippen molar-refractivity contribution in [3.8, 4) is 5.69 Å². The second kappa shape index (κ2) is 4.08. The number of aromatic nitrogens is 3. The van der Waals surface area contributed by atoms with Crippen LogP contribution in [0.5, 0.6) is 0 Å². The van der Waals surface area contributed by atoms with Gasteiger partial charge in [-0.05, 0) is 36.4 Å². The minimum atomic E-state index is -4.33. The average molecular weight is 263 g/mol. The van der Waals surface area contributed by atoms with Gasteiger partial charge in [-0.25, -0.2) is 0 Å². The molecule has 0 saturated heterocycles. The molecule has 0 N–H and O–H groups in total. The van der Waals surface area contributed by atoms with Crippen LogP contribution in [0.1, 0.15) is 5.56 Å². The second-order valence-corrected chi connectivity index (χ2v) is 4.02. The zero-order valence-electron chi connectivity index (χ0n) is 9.59. The molecule has 3 nitrogen and oxygen atoms in total. The van der Waals surface area contributed by atoms with Gasteiger partial charge in [-0.2, -0.15) is 18.0 Å². The van der Waals surface area contributed by atoms with Crippen molar-refractivity contribution in [1.29, 1.82) is 0 Å². The summed E-state index contributed by atoms with van der Waals surface area (Å²) in [6.07, 6.45) is -4.33. The number of hydrogen-bond acceptors (Lipinski definition) is 2. The zero-order valence-corrected chi connectivity index (χ0v) is 9.59. The molecule has 0 amide bonds. The number of alkyl halides is 3. The molecule has 0 aliphatic heterocycles. The van der Waals surface area contributed by atoms with Crippen LogP contribution in [0.3, 0.4) is 0 Å². The monoisotopic (exact) mass is 263 g/mol. The zero-order chi connectivity index (χ0) is 13.5. The minimum Gasteiger partial charge on any atom is -0.166 e. The molecule has 1 aromatic heterocycles. The molecule has 0 radical (unpaired) electrons. The van der Waals surface area contributed by atoms with Gasteiger partial charge in [0.05, 0.1) is 11.3 Å². The van der Waals surface area contributed by atoms with Crippen molar-refractivity contribution in [2.24, 2.45) is 0 Å². The summed E-state index contributed by atoms with van der Waals surface area (Å²) in [4.78, 5) is 1.32. The van der Waals surface area contributed by atoms with Crippen molar-refractivity contribution in [1.82, 2.24) is 15.0 Å². The Morgan fingerprint density at radius 2 is 1.32 bits per heavy atom. The van der Waals surface area contributed by atoms with Gasteiger partial charge >= 0.3 is 6.18 Å². The van der Waals surface area contributed by atoms with Crippen LogP contribution in [0.15, 0.2) is 48.5 Å². The van der Waals surface area contributed by atoms with Crippen LogP contribution in [0.4, 0.5) is 13.2 Å². The summed E-state index contributed by atoms with van der Waals surface area (Å²) in [6.45, 7) is 0. The lowest BCUT2D eigenvalue weighted by Crippen LogP contribution is -2.05. The third-order valence-corrected chi connectivity index (χ3v) is 2.71. The largest absolute Gasteiger partial charge is 0.416 e. The summed E-state index contributed by atoms with van der Waals surface area (Å²) in [7, 11) is 0. The van der Waals surface area contributed by atoms with E-state index >= 15 is 0 Å². The SMILES string of the molecule is FC(F)(F)c1ccc(-n2nc3ccccc3n2)cc1. The molecule has 3 aromatic rings. The van der Waals surface area contributed by atoms with E-state index in [1.54, 1.807) is 12.1 Å². The summed E-state index contributed by atoms with van der Waals surface area (Å²) >= 11 is 0. The molecule has 0 fully saturated rings. The van der Waals surface area contributed by atoms with Crippen molar-refractivity contribution in [3.05, 3.63) is 54.1 Å². The van der Waals surface area contributed by atoms with Crippen molar-refractivity contribution in [3.63, 3.8) is 0 Å². The highest BCUT2D eigenvalue weighted by molar-refractivity contribution is 5.73. The summed E-state index contributed by atoms with van der Waals surface area (Å²) in [6, 6.07) is 12.0. The Labute approximate surface area is 106 Å². The van der Waals surface area contributed by atoms with Crippen molar-refractivity contribution in [2.75, 3.05) is 0 Å². The van der Waals surface area contributed by atoms with Gasteiger partial charge in [0.1, 0.15) is 11.0 Å². The van der Waals surface area contributed by atoms with Crippen molar-refractivity contribution in [2.45, 2.75) is 6.18 Å². The summed E-state index contributed by atoms with van der Waals surface area (Å²) in [5.41, 5.74) is 1.20. The summed E-state index contributed by atoms with van der Waals surface area (Å²) < 4.78 is 37.4. The Bertz CT molecular complexity index is 681. The van der Waals surface area contributed by atoms with Crippen LogP contribution in [0, 0.1) is 0 Å². The number of fused-ring (bicyclic) bond motifs is 1. The quantitative estimate of drug-likeness (QED) is 0.673. The number of benzene rings is 2. The Balaban J connectivity index is 2.02. The predicted molar refractivity (Wildman–Crippen MR) is 63.9 cm³/mol. The van der Waals surface area contributed by atoms with Crippen LogP contribution in [0.25, 0.3) is 16.7 Å². The van der Waals surface area contributed by atoms with Gasteiger partial charge in [0, 0.05) is 0 Å². The molecule has 19 heavy (non-hydrogen) atoms. The van der Waals surface area contributed by atoms with Crippen molar-refractivity contribution >= 4 is 11.0 Å². The highest BCUT2D eigenvalue weighted by Crippen LogP contribution is 2.29. The highest BCUT2D eigenvalue weighted by Gasteiger charge is 2.30. The molecule has 0 unspecified atom stereocenters. The number of halogens is 3. The lowest BCUT2D eigenvalue weighted by atomic mass is 10.2. The maximum absolute atomic E-state index is 12.5. The fourth-order valence-corrected chi connectivity index (χ4v) is 1.76. The Hall–Kier alpha value is -2.37. The Morgan fingerprint density at radius 3 is 1.79 bits per heavy atom. The topological polar surface area (TPSA) is 30.7 Å². The second-order valence-electron chi connectivity index (χ2n) is 4.02. The first-order valence-electron chi connectivity index (χ1n) is 5.54. The molecule has 6 heteroatoms. The number of rotatable bonds is 1. The van der Waals surface area contributed by atoms with E-state index in [9.17, 15) is 13.2 Å². The maximum atomic E-state index is 12.5. The molecule has 0 spiro atoms. The molecule has 3 rings (SSSR count). The number of nitrogens with zero attached hydrogens (tertiary/aromatic N) is 3. The van der Waals surface area contributed by atoms with E-state index in [4.69, 9.17) is 0 Å². The van der Waals surface area contributed by atoms with E-state index in [0.29, 0.717) is 16.7 Å². The fourth-order valence-electron chi connectivity index (χ4n) is 1.76. The Morgan fingerprint density at radius 1 is 0.789 bits per heavy atom. The first kappa shape index (κ1) is 11.7. The average Bonchev–Trinajstić information content (AvgIpc) is 2.81. The van der Waals surface area contributed by atoms with Crippen LogP contribution in [-0.2, 0) is 6.18 Å². The van der Waals surface area contributed by atoms with Crippen LogP contribution in [-0.4, -0.2) is 15.0 Å². The fraction of sp³-hybridized carbons (Fsp3) is 0.0769. The molecule has 2 aromatic carbocycles. The van der Waals surface area contributed by atoms with E-state index in [-0.39, 0.29) is 0 Å². The van der Waals surface area contributed by atoms with Gasteiger partial charge in [0.2, 0.25) is 0 Å².